The van der Waals surface area contributed by atoms with Gasteiger partial charge in [0.25, 0.3) is 0 Å². The molecule has 2 amide bonds. The third-order valence-corrected chi connectivity index (χ3v) is 7.81. The van der Waals surface area contributed by atoms with Crippen LogP contribution in [-0.4, -0.2) is 26.7 Å². The normalized spacial score (nSPS) is 11.6. The lowest BCUT2D eigenvalue weighted by molar-refractivity contribution is 0.0697. The number of amides is 2. The number of anilines is 1. The number of urea groups is 1. The summed E-state index contributed by atoms with van der Waals surface area (Å²) < 4.78 is 35.7. The first-order chi connectivity index (χ1) is 22.6. The zero-order valence-corrected chi connectivity index (χ0v) is 26.7. The van der Waals surface area contributed by atoms with Crippen LogP contribution < -0.4 is 15.4 Å². The molecule has 242 valence electrons. The largest absolute Gasteiger partial charge is 0.478 e. The molecule has 0 spiro atoms. The van der Waals surface area contributed by atoms with Crippen molar-refractivity contribution in [1.82, 2.24) is 14.9 Å². The van der Waals surface area contributed by atoms with Crippen molar-refractivity contribution in [3.63, 3.8) is 0 Å². The predicted molar refractivity (Wildman–Crippen MR) is 177 cm³/mol. The molecule has 0 bridgehead atoms. The van der Waals surface area contributed by atoms with E-state index in [-0.39, 0.29) is 11.3 Å². The maximum Gasteiger partial charge on any atom is 0.335 e. The fourth-order valence-electron chi connectivity index (χ4n) is 4.89. The van der Waals surface area contributed by atoms with Gasteiger partial charge in [0.1, 0.15) is 29.0 Å². The van der Waals surface area contributed by atoms with E-state index in [1.807, 2.05) is 22.9 Å². The summed E-state index contributed by atoms with van der Waals surface area (Å²) >= 11 is 12.6. The van der Waals surface area contributed by atoms with Gasteiger partial charge in [-0.3, -0.25) is 0 Å². The number of benzene rings is 4. The standard InChI is InChI=1S/C35H30Cl2F2N4O4/c1-2-3-16-43-20-32(27-14-8-23(36)18-28(27)37)40-33(43)31(42-35(46)41-30-15-9-24(38)19-29(30)39)17-21-4-10-25(11-5-21)47-26-12-6-22(7-13-26)34(44)45/h4-15,18-20,31H,2-3,16-17H2,1H3,(H,44,45)(H2,41,42,46). The van der Waals surface area contributed by atoms with Crippen LogP contribution in [0.5, 0.6) is 11.5 Å². The van der Waals surface area contributed by atoms with Crippen LogP contribution in [0.2, 0.25) is 10.0 Å². The summed E-state index contributed by atoms with van der Waals surface area (Å²) in [5.41, 5.74) is 2.06. The molecule has 0 saturated carbocycles. The third kappa shape index (κ3) is 8.66. The van der Waals surface area contributed by atoms with E-state index in [2.05, 4.69) is 17.6 Å². The Labute approximate surface area is 279 Å². The third-order valence-electron chi connectivity index (χ3n) is 7.26. The zero-order chi connectivity index (χ0) is 33.5. The molecule has 0 aliphatic carbocycles. The first-order valence-corrected chi connectivity index (χ1v) is 15.5. The molecule has 5 aromatic rings. The van der Waals surface area contributed by atoms with Gasteiger partial charge < -0.3 is 25.0 Å². The van der Waals surface area contributed by atoms with Gasteiger partial charge in [-0.05, 0) is 85.1 Å². The minimum Gasteiger partial charge on any atom is -0.478 e. The fourth-order valence-corrected chi connectivity index (χ4v) is 5.39. The second-order valence-corrected chi connectivity index (χ2v) is 11.6. The summed E-state index contributed by atoms with van der Waals surface area (Å²) in [6.45, 7) is 2.68. The van der Waals surface area contributed by atoms with Gasteiger partial charge in [0.05, 0.1) is 28.0 Å². The Morgan fingerprint density at radius 3 is 2.30 bits per heavy atom. The number of carbonyl (C=O) groups is 2. The van der Waals surface area contributed by atoms with Crippen molar-refractivity contribution < 1.29 is 28.2 Å². The molecule has 0 aliphatic heterocycles. The second kappa shape index (κ2) is 15.1. The highest BCUT2D eigenvalue weighted by molar-refractivity contribution is 6.36. The number of carboxylic acid groups (broad SMARTS) is 1. The number of aromatic carboxylic acids is 1. The Hall–Kier alpha value is -4.93. The predicted octanol–water partition coefficient (Wildman–Crippen LogP) is 9.53. The molecule has 1 heterocycles. The molecule has 0 radical (unpaired) electrons. The number of aryl methyl sites for hydroxylation is 1. The number of carboxylic acids is 1. The molecule has 5 rings (SSSR count). The number of unbranched alkanes of at least 4 members (excludes halogenated alkanes) is 1. The Balaban J connectivity index is 1.44. The Bertz CT molecular complexity index is 1880. The van der Waals surface area contributed by atoms with Crippen molar-refractivity contribution in [2.24, 2.45) is 0 Å². The van der Waals surface area contributed by atoms with Gasteiger partial charge in [-0.1, -0.05) is 48.7 Å². The lowest BCUT2D eigenvalue weighted by Crippen LogP contribution is -2.35. The monoisotopic (exact) mass is 678 g/mol. The Morgan fingerprint density at radius 2 is 1.66 bits per heavy atom. The molecule has 0 aliphatic rings. The van der Waals surface area contributed by atoms with Crippen LogP contribution in [0.4, 0.5) is 19.3 Å². The number of ether oxygens (including phenoxy) is 1. The number of hydrogen-bond donors (Lipinski definition) is 3. The minimum absolute atomic E-state index is 0.149. The van der Waals surface area contributed by atoms with Crippen LogP contribution in [0, 0.1) is 11.6 Å². The van der Waals surface area contributed by atoms with Crippen LogP contribution in [0.1, 0.15) is 47.6 Å². The quantitative estimate of drug-likeness (QED) is 0.122. The van der Waals surface area contributed by atoms with E-state index in [9.17, 15) is 18.4 Å². The van der Waals surface area contributed by atoms with Crippen molar-refractivity contribution >= 4 is 40.9 Å². The van der Waals surface area contributed by atoms with Crippen molar-refractivity contribution in [3.8, 4) is 22.8 Å². The number of aromatic nitrogens is 2. The van der Waals surface area contributed by atoms with Gasteiger partial charge in [0.15, 0.2) is 0 Å². The molecule has 1 atom stereocenters. The highest BCUT2D eigenvalue weighted by atomic mass is 35.5. The average Bonchev–Trinajstić information content (AvgIpc) is 3.46. The lowest BCUT2D eigenvalue weighted by Gasteiger charge is -2.21. The molecule has 12 heteroatoms. The van der Waals surface area contributed by atoms with Gasteiger partial charge in [-0.2, -0.15) is 0 Å². The van der Waals surface area contributed by atoms with E-state index in [1.165, 1.54) is 12.1 Å². The molecule has 0 saturated heterocycles. The summed E-state index contributed by atoms with van der Waals surface area (Å²) in [4.78, 5) is 29.3. The Morgan fingerprint density at radius 1 is 0.957 bits per heavy atom. The highest BCUT2D eigenvalue weighted by Gasteiger charge is 2.24. The molecule has 8 nitrogen and oxygen atoms in total. The van der Waals surface area contributed by atoms with Crippen molar-refractivity contribution in [2.75, 3.05) is 5.32 Å². The highest BCUT2D eigenvalue weighted by Crippen LogP contribution is 2.32. The van der Waals surface area contributed by atoms with E-state index in [0.717, 1.165) is 30.5 Å². The molecule has 0 fully saturated rings. The van der Waals surface area contributed by atoms with Crippen LogP contribution in [-0.2, 0) is 13.0 Å². The Kier molecular flexibility index (Phi) is 10.7. The summed E-state index contributed by atoms with van der Waals surface area (Å²) in [7, 11) is 0. The van der Waals surface area contributed by atoms with Gasteiger partial charge in [-0.15, -0.1) is 0 Å². The molecule has 1 aromatic heterocycles. The van der Waals surface area contributed by atoms with E-state index >= 15 is 0 Å². The van der Waals surface area contributed by atoms with Gasteiger partial charge in [-0.25, -0.2) is 23.4 Å². The van der Waals surface area contributed by atoms with Crippen LogP contribution in [0.15, 0.2) is 91.1 Å². The van der Waals surface area contributed by atoms with E-state index < -0.39 is 29.7 Å². The molecular weight excluding hydrogens is 649 g/mol. The lowest BCUT2D eigenvalue weighted by atomic mass is 10.0. The first kappa shape index (κ1) is 33.4. The summed E-state index contributed by atoms with van der Waals surface area (Å²) in [6.07, 6.45) is 3.93. The second-order valence-electron chi connectivity index (χ2n) is 10.7. The van der Waals surface area contributed by atoms with E-state index in [0.29, 0.717) is 57.7 Å². The average molecular weight is 680 g/mol. The summed E-state index contributed by atoms with van der Waals surface area (Å²) in [5, 5.41) is 15.4. The van der Waals surface area contributed by atoms with Crippen molar-refractivity contribution in [2.45, 2.75) is 38.8 Å². The fraction of sp³-hybridized carbons (Fsp3) is 0.171. The number of nitrogens with one attached hydrogen (secondary N) is 2. The first-order valence-electron chi connectivity index (χ1n) is 14.7. The molecule has 4 aromatic carbocycles. The van der Waals surface area contributed by atoms with Crippen LogP contribution in [0.3, 0.4) is 0 Å². The maximum atomic E-state index is 14.4. The summed E-state index contributed by atoms with van der Waals surface area (Å²) in [5.74, 6) is -1.16. The SMILES string of the molecule is CCCCn1cc(-c2ccc(Cl)cc2Cl)nc1C(Cc1ccc(Oc2ccc(C(=O)O)cc2)cc1)NC(=O)Nc1ccc(F)cc1F. The number of carbonyl (C=O) groups excluding carboxylic acids is 1. The van der Waals surface area contributed by atoms with Crippen molar-refractivity contribution in [1.29, 1.82) is 0 Å². The van der Waals surface area contributed by atoms with Gasteiger partial charge in [0.2, 0.25) is 0 Å². The molecule has 1 unspecified atom stereocenters. The summed E-state index contributed by atoms with van der Waals surface area (Å²) in [6, 6.07) is 19.9. The van der Waals surface area contributed by atoms with Crippen molar-refractivity contribution in [3.05, 3.63) is 130 Å². The van der Waals surface area contributed by atoms with Gasteiger partial charge in [0, 0.05) is 29.4 Å². The molecule has 47 heavy (non-hydrogen) atoms. The number of imidazole rings is 1. The number of nitrogens with zero attached hydrogens (tertiary/aromatic N) is 2. The van der Waals surface area contributed by atoms with E-state index in [1.54, 1.807) is 42.5 Å². The maximum absolute atomic E-state index is 14.4. The minimum atomic E-state index is -1.03. The topological polar surface area (TPSA) is 105 Å². The number of hydrogen-bond acceptors (Lipinski definition) is 4. The smallest absolute Gasteiger partial charge is 0.335 e. The number of rotatable bonds is 12. The van der Waals surface area contributed by atoms with E-state index in [4.69, 9.17) is 38.0 Å². The molecular formula is C35H30Cl2F2N4O4. The van der Waals surface area contributed by atoms with Gasteiger partial charge >= 0.3 is 12.0 Å². The zero-order valence-electron chi connectivity index (χ0n) is 25.1. The number of halogens is 4. The van der Waals surface area contributed by atoms with Crippen LogP contribution >= 0.6 is 23.2 Å². The van der Waals surface area contributed by atoms with Crippen LogP contribution in [0.25, 0.3) is 11.3 Å². The molecule has 3 N–H and O–H groups in total.